The lowest BCUT2D eigenvalue weighted by molar-refractivity contribution is 0.191. The predicted octanol–water partition coefficient (Wildman–Crippen LogP) is 2.05. The number of nitrogen functional groups attached to an aromatic ring is 1. The summed E-state index contributed by atoms with van der Waals surface area (Å²) in [7, 11) is 3.37. The molecule has 0 aliphatic heterocycles. The van der Waals surface area contributed by atoms with Crippen molar-refractivity contribution < 1.29 is 9.47 Å². The number of aromatic nitrogens is 2. The van der Waals surface area contributed by atoms with Crippen LogP contribution < -0.4 is 10.5 Å². The van der Waals surface area contributed by atoms with Crippen LogP contribution in [0, 0.1) is 0 Å². The first kappa shape index (κ1) is 12.7. The number of methoxy groups -OCH3 is 2. The summed E-state index contributed by atoms with van der Waals surface area (Å²) in [4.78, 5) is 4.34. The van der Waals surface area contributed by atoms with Crippen LogP contribution in [-0.2, 0) is 11.3 Å². The average Bonchev–Trinajstić information content (AvgIpc) is 2.70. The lowest BCUT2D eigenvalue weighted by Gasteiger charge is -2.07. The zero-order chi connectivity index (χ0) is 13.0. The first-order valence-electron chi connectivity index (χ1n) is 6.05. The van der Waals surface area contributed by atoms with Crippen LogP contribution in [0.4, 0.5) is 5.95 Å². The van der Waals surface area contributed by atoms with E-state index < -0.39 is 0 Å². The van der Waals surface area contributed by atoms with Gasteiger partial charge in [0.1, 0.15) is 5.75 Å². The minimum absolute atomic E-state index is 0.552. The Morgan fingerprint density at radius 1 is 1.28 bits per heavy atom. The molecule has 2 N–H and O–H groups in total. The smallest absolute Gasteiger partial charge is 0.201 e. The molecule has 1 aromatic carbocycles. The van der Waals surface area contributed by atoms with E-state index in [1.54, 1.807) is 14.2 Å². The van der Waals surface area contributed by atoms with Gasteiger partial charge in [-0.05, 0) is 25.0 Å². The molecule has 5 heteroatoms. The highest BCUT2D eigenvalue weighted by Gasteiger charge is 2.08. The zero-order valence-corrected chi connectivity index (χ0v) is 10.8. The van der Waals surface area contributed by atoms with Gasteiger partial charge in [-0.2, -0.15) is 0 Å². The summed E-state index contributed by atoms with van der Waals surface area (Å²) in [5.41, 5.74) is 7.86. The van der Waals surface area contributed by atoms with Gasteiger partial charge < -0.3 is 19.8 Å². The van der Waals surface area contributed by atoms with E-state index in [2.05, 4.69) is 4.98 Å². The molecule has 0 spiro atoms. The molecule has 0 bridgehead atoms. The third kappa shape index (κ3) is 2.56. The van der Waals surface area contributed by atoms with Crippen molar-refractivity contribution in [3.8, 4) is 5.75 Å². The highest BCUT2D eigenvalue weighted by Crippen LogP contribution is 2.23. The Kier molecular flexibility index (Phi) is 4.04. The Morgan fingerprint density at radius 3 is 2.83 bits per heavy atom. The summed E-state index contributed by atoms with van der Waals surface area (Å²) >= 11 is 0. The van der Waals surface area contributed by atoms with E-state index in [-0.39, 0.29) is 0 Å². The van der Waals surface area contributed by atoms with E-state index in [4.69, 9.17) is 15.2 Å². The Bertz CT molecular complexity index is 522. The molecular formula is C13H19N3O2. The van der Waals surface area contributed by atoms with Crippen LogP contribution in [0.15, 0.2) is 18.2 Å². The predicted molar refractivity (Wildman–Crippen MR) is 71.8 cm³/mol. The molecule has 0 atom stereocenters. The van der Waals surface area contributed by atoms with Gasteiger partial charge in [0, 0.05) is 26.3 Å². The number of nitrogens with zero attached hydrogens (tertiary/aromatic N) is 2. The largest absolute Gasteiger partial charge is 0.497 e. The first-order valence-corrected chi connectivity index (χ1v) is 6.05. The standard InChI is InChI=1S/C13H19N3O2/c1-17-8-4-3-7-16-12-9-10(18-2)5-6-11(12)15-13(16)14/h5-6,9H,3-4,7-8H2,1-2H3,(H2,14,15). The van der Waals surface area contributed by atoms with Gasteiger partial charge in [0.15, 0.2) is 0 Å². The van der Waals surface area contributed by atoms with Crippen molar-refractivity contribution in [2.45, 2.75) is 19.4 Å². The number of nitrogens with two attached hydrogens (primary N) is 1. The summed E-state index contributed by atoms with van der Waals surface area (Å²) < 4.78 is 12.3. The molecule has 1 aromatic heterocycles. The molecule has 0 amide bonds. The Hall–Kier alpha value is -1.75. The molecular weight excluding hydrogens is 230 g/mol. The monoisotopic (exact) mass is 249 g/mol. The quantitative estimate of drug-likeness (QED) is 0.796. The third-order valence-corrected chi connectivity index (χ3v) is 2.97. The lowest BCUT2D eigenvalue weighted by Crippen LogP contribution is -2.04. The van der Waals surface area contributed by atoms with Gasteiger partial charge in [-0.1, -0.05) is 0 Å². The summed E-state index contributed by atoms with van der Waals surface area (Å²) in [6.07, 6.45) is 2.03. The van der Waals surface area contributed by atoms with Gasteiger partial charge in [0.2, 0.25) is 5.95 Å². The van der Waals surface area contributed by atoms with Crippen LogP contribution in [-0.4, -0.2) is 30.4 Å². The molecule has 0 saturated heterocycles. The van der Waals surface area contributed by atoms with Gasteiger partial charge in [-0.25, -0.2) is 4.98 Å². The summed E-state index contributed by atoms with van der Waals surface area (Å²) in [6, 6.07) is 5.79. The summed E-state index contributed by atoms with van der Waals surface area (Å²) in [5.74, 6) is 1.37. The van der Waals surface area contributed by atoms with Gasteiger partial charge in [0.05, 0.1) is 18.1 Å². The number of rotatable bonds is 6. The van der Waals surface area contributed by atoms with Gasteiger partial charge >= 0.3 is 0 Å². The molecule has 1 heterocycles. The highest BCUT2D eigenvalue weighted by atomic mass is 16.5. The van der Waals surface area contributed by atoms with E-state index in [1.165, 1.54) is 0 Å². The van der Waals surface area contributed by atoms with Crippen LogP contribution in [0.25, 0.3) is 11.0 Å². The van der Waals surface area contributed by atoms with Crippen LogP contribution in [0.1, 0.15) is 12.8 Å². The second-order valence-corrected chi connectivity index (χ2v) is 4.18. The van der Waals surface area contributed by atoms with Crippen molar-refractivity contribution >= 4 is 17.0 Å². The maximum absolute atomic E-state index is 5.94. The third-order valence-electron chi connectivity index (χ3n) is 2.97. The second kappa shape index (κ2) is 5.73. The topological polar surface area (TPSA) is 62.3 Å². The normalized spacial score (nSPS) is 11.0. The van der Waals surface area contributed by atoms with Crippen LogP contribution >= 0.6 is 0 Å². The number of ether oxygens (including phenoxy) is 2. The molecule has 0 saturated carbocycles. The number of hydrogen-bond acceptors (Lipinski definition) is 4. The van der Waals surface area contributed by atoms with Crippen molar-refractivity contribution in [1.29, 1.82) is 0 Å². The summed E-state index contributed by atoms with van der Waals surface area (Å²) in [6.45, 7) is 1.62. The fourth-order valence-corrected chi connectivity index (χ4v) is 2.00. The lowest BCUT2D eigenvalue weighted by atomic mass is 10.2. The fourth-order valence-electron chi connectivity index (χ4n) is 2.00. The second-order valence-electron chi connectivity index (χ2n) is 4.18. The number of imidazole rings is 1. The molecule has 0 fully saturated rings. The van der Waals surface area contributed by atoms with E-state index in [1.807, 2.05) is 22.8 Å². The molecule has 18 heavy (non-hydrogen) atoms. The maximum Gasteiger partial charge on any atom is 0.201 e. The number of benzene rings is 1. The first-order chi connectivity index (χ1) is 8.76. The van der Waals surface area contributed by atoms with Crippen molar-refractivity contribution in [2.24, 2.45) is 0 Å². The molecule has 98 valence electrons. The SMILES string of the molecule is COCCCCn1c(N)nc2ccc(OC)cc21. The highest BCUT2D eigenvalue weighted by molar-refractivity contribution is 5.79. The molecule has 0 aliphatic rings. The van der Waals surface area contributed by atoms with Crippen molar-refractivity contribution in [2.75, 3.05) is 26.6 Å². The van der Waals surface area contributed by atoms with E-state index in [9.17, 15) is 0 Å². The Balaban J connectivity index is 2.22. The van der Waals surface area contributed by atoms with E-state index in [0.717, 1.165) is 42.8 Å². The molecule has 0 radical (unpaired) electrons. The Morgan fingerprint density at radius 2 is 2.11 bits per heavy atom. The average molecular weight is 249 g/mol. The van der Waals surface area contributed by atoms with Crippen LogP contribution in [0.3, 0.4) is 0 Å². The molecule has 5 nitrogen and oxygen atoms in total. The van der Waals surface area contributed by atoms with Crippen LogP contribution in [0.5, 0.6) is 5.75 Å². The maximum atomic E-state index is 5.94. The molecule has 2 aromatic rings. The van der Waals surface area contributed by atoms with Gasteiger partial charge in [0.25, 0.3) is 0 Å². The van der Waals surface area contributed by atoms with E-state index in [0.29, 0.717) is 5.95 Å². The van der Waals surface area contributed by atoms with Crippen molar-refractivity contribution in [3.05, 3.63) is 18.2 Å². The van der Waals surface area contributed by atoms with Crippen molar-refractivity contribution in [3.63, 3.8) is 0 Å². The zero-order valence-electron chi connectivity index (χ0n) is 10.8. The minimum atomic E-state index is 0.552. The molecule has 0 aliphatic carbocycles. The van der Waals surface area contributed by atoms with Crippen LogP contribution in [0.2, 0.25) is 0 Å². The number of fused-ring (bicyclic) bond motifs is 1. The number of unbranched alkanes of at least 4 members (excludes halogenated alkanes) is 1. The fraction of sp³-hybridized carbons (Fsp3) is 0.462. The number of anilines is 1. The minimum Gasteiger partial charge on any atom is -0.497 e. The Labute approximate surface area is 107 Å². The van der Waals surface area contributed by atoms with Crippen molar-refractivity contribution in [1.82, 2.24) is 9.55 Å². The number of hydrogen-bond donors (Lipinski definition) is 1. The van der Waals surface area contributed by atoms with Gasteiger partial charge in [-0.3, -0.25) is 0 Å². The summed E-state index contributed by atoms with van der Waals surface area (Å²) in [5, 5.41) is 0. The van der Waals surface area contributed by atoms with E-state index >= 15 is 0 Å². The van der Waals surface area contributed by atoms with Gasteiger partial charge in [-0.15, -0.1) is 0 Å². The number of aryl methyl sites for hydroxylation is 1. The molecule has 0 unspecified atom stereocenters. The molecule has 2 rings (SSSR count).